The lowest BCUT2D eigenvalue weighted by molar-refractivity contribution is 0.133. The van der Waals surface area contributed by atoms with Gasteiger partial charge in [-0.1, -0.05) is 19.8 Å². The quantitative estimate of drug-likeness (QED) is 0.851. The number of hydrogen-bond donors (Lipinski definition) is 1. The number of piperidine rings is 1. The van der Waals surface area contributed by atoms with Gasteiger partial charge >= 0.3 is 6.03 Å². The van der Waals surface area contributed by atoms with Crippen molar-refractivity contribution in [3.8, 4) is 0 Å². The number of rotatable bonds is 3. The van der Waals surface area contributed by atoms with Crippen LogP contribution in [0.2, 0.25) is 0 Å². The summed E-state index contributed by atoms with van der Waals surface area (Å²) in [5.41, 5.74) is 0. The summed E-state index contributed by atoms with van der Waals surface area (Å²) in [4.78, 5) is 16.6. The molecule has 4 heteroatoms. The number of nitrogens with one attached hydrogen (secondary N) is 1. The van der Waals surface area contributed by atoms with Crippen molar-refractivity contribution >= 4 is 6.03 Å². The van der Waals surface area contributed by atoms with Crippen LogP contribution in [0.25, 0.3) is 0 Å². The molecule has 19 heavy (non-hydrogen) atoms. The highest BCUT2D eigenvalue weighted by Gasteiger charge is 2.26. The first-order chi connectivity index (χ1) is 9.31. The molecule has 2 fully saturated rings. The maximum Gasteiger partial charge on any atom is 0.319 e. The average molecular weight is 267 g/mol. The van der Waals surface area contributed by atoms with Gasteiger partial charge < -0.3 is 15.1 Å². The second kappa shape index (κ2) is 7.73. The molecule has 0 atom stereocenters. The third kappa shape index (κ3) is 4.37. The van der Waals surface area contributed by atoms with Gasteiger partial charge in [-0.25, -0.2) is 4.79 Å². The molecule has 1 N–H and O–H groups in total. The van der Waals surface area contributed by atoms with Gasteiger partial charge in [0, 0.05) is 26.2 Å². The molecule has 0 aromatic carbocycles. The van der Waals surface area contributed by atoms with Crippen LogP contribution >= 0.6 is 0 Å². The fourth-order valence-corrected chi connectivity index (χ4v) is 3.14. The largest absolute Gasteiger partial charge is 0.325 e. The Morgan fingerprint density at radius 1 is 1.00 bits per heavy atom. The van der Waals surface area contributed by atoms with Crippen LogP contribution in [0.15, 0.2) is 0 Å². The van der Waals surface area contributed by atoms with Crippen LogP contribution in [0.3, 0.4) is 0 Å². The van der Waals surface area contributed by atoms with Crippen molar-refractivity contribution < 1.29 is 4.79 Å². The highest BCUT2D eigenvalue weighted by atomic mass is 16.2. The van der Waals surface area contributed by atoms with Gasteiger partial charge in [0.25, 0.3) is 0 Å². The van der Waals surface area contributed by atoms with Gasteiger partial charge in [-0.15, -0.1) is 0 Å². The summed E-state index contributed by atoms with van der Waals surface area (Å²) >= 11 is 0. The van der Waals surface area contributed by atoms with E-state index >= 15 is 0 Å². The van der Waals surface area contributed by atoms with Gasteiger partial charge in [-0.3, -0.25) is 0 Å². The Hall–Kier alpha value is -0.770. The van der Waals surface area contributed by atoms with E-state index in [4.69, 9.17) is 0 Å². The molecule has 0 aromatic heterocycles. The monoisotopic (exact) mass is 267 g/mol. The zero-order valence-electron chi connectivity index (χ0n) is 12.4. The summed E-state index contributed by atoms with van der Waals surface area (Å²) in [6, 6.07) is 0.295. The molecule has 110 valence electrons. The first-order valence-corrected chi connectivity index (χ1v) is 8.06. The molecule has 2 amide bonds. The third-order valence-corrected chi connectivity index (χ3v) is 4.44. The van der Waals surface area contributed by atoms with Crippen LogP contribution in [0.4, 0.5) is 4.79 Å². The van der Waals surface area contributed by atoms with Crippen LogP contribution < -0.4 is 5.32 Å². The van der Waals surface area contributed by atoms with Crippen LogP contribution in [0.1, 0.15) is 45.4 Å². The highest BCUT2D eigenvalue weighted by molar-refractivity contribution is 5.74. The summed E-state index contributed by atoms with van der Waals surface area (Å²) in [5.74, 6) is 0.758. The number of amides is 2. The van der Waals surface area contributed by atoms with E-state index in [9.17, 15) is 4.79 Å². The average Bonchev–Trinajstić information content (AvgIpc) is 2.74. The maximum absolute atomic E-state index is 12.5. The number of carbonyl (C=O) groups excluding carboxylic acids is 1. The first-order valence-electron chi connectivity index (χ1n) is 8.06. The normalized spacial score (nSPS) is 22.4. The van der Waals surface area contributed by atoms with E-state index in [1.807, 2.05) is 0 Å². The van der Waals surface area contributed by atoms with Crippen LogP contribution in [0.5, 0.6) is 0 Å². The van der Waals surface area contributed by atoms with Crippen molar-refractivity contribution in [1.29, 1.82) is 0 Å². The molecule has 0 saturated carbocycles. The van der Waals surface area contributed by atoms with E-state index in [1.54, 1.807) is 0 Å². The van der Waals surface area contributed by atoms with Crippen LogP contribution in [0, 0.1) is 5.92 Å². The molecule has 4 nitrogen and oxygen atoms in total. The summed E-state index contributed by atoms with van der Waals surface area (Å²) in [6.07, 6.45) is 7.26. The summed E-state index contributed by atoms with van der Waals surface area (Å²) in [5, 5.41) is 3.42. The Bertz CT molecular complexity index is 267. The number of urea groups is 1. The lowest BCUT2D eigenvalue weighted by Gasteiger charge is -2.35. The summed E-state index contributed by atoms with van der Waals surface area (Å²) in [6.45, 7) is 8.15. The molecule has 0 aliphatic carbocycles. The van der Waals surface area contributed by atoms with E-state index in [1.165, 1.54) is 25.7 Å². The second-order valence-corrected chi connectivity index (χ2v) is 5.92. The SMILES string of the molecule is CCNCC1CCN(C(=O)N2CCCCCC2)CC1. The molecule has 2 rings (SSSR count). The molecular weight excluding hydrogens is 238 g/mol. The smallest absolute Gasteiger partial charge is 0.319 e. The molecule has 2 heterocycles. The molecular formula is C15H29N3O. The molecule has 2 aliphatic heterocycles. The van der Waals surface area contributed by atoms with E-state index in [-0.39, 0.29) is 0 Å². The van der Waals surface area contributed by atoms with Gasteiger partial charge in [0.2, 0.25) is 0 Å². The zero-order chi connectivity index (χ0) is 13.5. The van der Waals surface area contributed by atoms with Crippen molar-refractivity contribution in [1.82, 2.24) is 15.1 Å². The minimum Gasteiger partial charge on any atom is -0.325 e. The minimum atomic E-state index is 0.295. The van der Waals surface area contributed by atoms with Crippen molar-refractivity contribution in [2.24, 2.45) is 5.92 Å². The van der Waals surface area contributed by atoms with Gasteiger partial charge in [-0.05, 0) is 44.7 Å². The van der Waals surface area contributed by atoms with Crippen molar-refractivity contribution in [2.75, 3.05) is 39.3 Å². The van der Waals surface area contributed by atoms with Crippen molar-refractivity contribution in [2.45, 2.75) is 45.4 Å². The second-order valence-electron chi connectivity index (χ2n) is 5.92. The molecule has 2 saturated heterocycles. The Morgan fingerprint density at radius 3 is 2.16 bits per heavy atom. The standard InChI is InChI=1S/C15H29N3O/c1-2-16-13-14-7-11-18(12-8-14)15(19)17-9-5-3-4-6-10-17/h14,16H,2-13H2,1H3. The Morgan fingerprint density at radius 2 is 1.58 bits per heavy atom. The van der Waals surface area contributed by atoms with Crippen molar-refractivity contribution in [3.63, 3.8) is 0 Å². The van der Waals surface area contributed by atoms with Gasteiger partial charge in [0.05, 0.1) is 0 Å². The first kappa shape index (κ1) is 14.6. The van der Waals surface area contributed by atoms with E-state index in [2.05, 4.69) is 22.0 Å². The molecule has 0 aromatic rings. The van der Waals surface area contributed by atoms with E-state index in [0.29, 0.717) is 6.03 Å². The lowest BCUT2D eigenvalue weighted by atomic mass is 9.97. The fraction of sp³-hybridized carbons (Fsp3) is 0.933. The number of carbonyl (C=O) groups is 1. The molecule has 0 unspecified atom stereocenters. The molecule has 2 aliphatic rings. The predicted octanol–water partition coefficient (Wildman–Crippen LogP) is 2.30. The van der Waals surface area contributed by atoms with Gasteiger partial charge in [-0.2, -0.15) is 0 Å². The Balaban J connectivity index is 1.75. The third-order valence-electron chi connectivity index (χ3n) is 4.44. The highest BCUT2D eigenvalue weighted by Crippen LogP contribution is 2.19. The minimum absolute atomic E-state index is 0.295. The number of nitrogens with zero attached hydrogens (tertiary/aromatic N) is 2. The summed E-state index contributed by atoms with van der Waals surface area (Å²) in [7, 11) is 0. The maximum atomic E-state index is 12.5. The Labute approximate surface area is 117 Å². The van der Waals surface area contributed by atoms with Crippen LogP contribution in [-0.2, 0) is 0 Å². The number of likely N-dealkylation sites (tertiary alicyclic amines) is 2. The van der Waals surface area contributed by atoms with Crippen molar-refractivity contribution in [3.05, 3.63) is 0 Å². The molecule has 0 bridgehead atoms. The van der Waals surface area contributed by atoms with E-state index < -0.39 is 0 Å². The number of hydrogen-bond acceptors (Lipinski definition) is 2. The Kier molecular flexibility index (Phi) is 5.95. The van der Waals surface area contributed by atoms with E-state index in [0.717, 1.165) is 58.0 Å². The van der Waals surface area contributed by atoms with Gasteiger partial charge in [0.15, 0.2) is 0 Å². The summed E-state index contributed by atoms with van der Waals surface area (Å²) < 4.78 is 0. The van der Waals surface area contributed by atoms with Crippen LogP contribution in [-0.4, -0.2) is 55.1 Å². The molecule has 0 radical (unpaired) electrons. The zero-order valence-corrected chi connectivity index (χ0v) is 12.4. The topological polar surface area (TPSA) is 35.6 Å². The van der Waals surface area contributed by atoms with Gasteiger partial charge in [0.1, 0.15) is 0 Å². The lowest BCUT2D eigenvalue weighted by Crippen LogP contribution is -2.47. The molecule has 0 spiro atoms. The predicted molar refractivity (Wildman–Crippen MR) is 78.3 cm³/mol. The fourth-order valence-electron chi connectivity index (χ4n) is 3.14.